The minimum Gasteiger partial charge on any atom is -0.348 e. The molecule has 0 bridgehead atoms. The summed E-state index contributed by atoms with van der Waals surface area (Å²) in [6.45, 7) is 3.43. The van der Waals surface area contributed by atoms with Crippen LogP contribution >= 0.6 is 0 Å². The summed E-state index contributed by atoms with van der Waals surface area (Å²) in [6.07, 6.45) is 9.29. The first-order valence-electron chi connectivity index (χ1n) is 11.5. The summed E-state index contributed by atoms with van der Waals surface area (Å²) in [7, 11) is -3.53. The van der Waals surface area contributed by atoms with Crippen LogP contribution < -0.4 is 10.6 Å². The van der Waals surface area contributed by atoms with Crippen molar-refractivity contribution in [3.05, 3.63) is 66.1 Å². The van der Waals surface area contributed by atoms with Crippen LogP contribution in [0.25, 0.3) is 5.65 Å². The van der Waals surface area contributed by atoms with E-state index in [2.05, 4.69) is 15.6 Å². The van der Waals surface area contributed by atoms with E-state index in [1.807, 2.05) is 0 Å². The number of benzene rings is 1. The fourth-order valence-electron chi connectivity index (χ4n) is 5.00. The number of carbonyl (C=O) groups excluding carboxylic acids is 1. The molecule has 5 rings (SSSR count). The zero-order chi connectivity index (χ0) is 22.9. The molecule has 0 saturated carbocycles. The van der Waals surface area contributed by atoms with Crippen molar-refractivity contribution >= 4 is 21.6 Å². The molecule has 2 aliphatic heterocycles. The molecule has 8 nitrogen and oxygen atoms in total. The Balaban J connectivity index is 1.23. The number of pyridine rings is 1. The molecule has 4 heterocycles. The number of hydrogen-bond acceptors (Lipinski definition) is 5. The second-order valence-electron chi connectivity index (χ2n) is 9.13. The monoisotopic (exact) mass is 467 g/mol. The van der Waals surface area contributed by atoms with Gasteiger partial charge in [0.25, 0.3) is 5.91 Å². The first-order chi connectivity index (χ1) is 16.0. The topological polar surface area (TPSA) is 95.8 Å². The molecule has 1 spiro atoms. The number of nitrogens with one attached hydrogen (secondary N) is 2. The molecule has 1 amide bonds. The molecule has 2 fully saturated rings. The fraction of sp³-hybridized carbons (Fsp3) is 0.417. The molecule has 9 heteroatoms. The highest BCUT2D eigenvalue weighted by Gasteiger charge is 2.40. The van der Waals surface area contributed by atoms with E-state index in [0.29, 0.717) is 30.1 Å². The van der Waals surface area contributed by atoms with Gasteiger partial charge in [-0.25, -0.2) is 13.4 Å². The number of rotatable bonds is 5. The number of carbonyl (C=O) groups is 1. The lowest BCUT2D eigenvalue weighted by atomic mass is 9.73. The lowest BCUT2D eigenvalue weighted by Crippen LogP contribution is -2.50. The summed E-state index contributed by atoms with van der Waals surface area (Å²) in [5.74, 6) is -0.192. The average Bonchev–Trinajstić information content (AvgIpc) is 3.31. The summed E-state index contributed by atoms with van der Waals surface area (Å²) >= 11 is 0. The molecule has 0 radical (unpaired) electrons. The van der Waals surface area contributed by atoms with Crippen LogP contribution in [0.5, 0.6) is 0 Å². The number of amides is 1. The van der Waals surface area contributed by atoms with Crippen LogP contribution in [0.4, 0.5) is 0 Å². The highest BCUT2D eigenvalue weighted by molar-refractivity contribution is 7.89. The Morgan fingerprint density at radius 3 is 2.67 bits per heavy atom. The van der Waals surface area contributed by atoms with Crippen LogP contribution in [0.2, 0.25) is 0 Å². The van der Waals surface area contributed by atoms with Crippen LogP contribution in [-0.4, -0.2) is 54.2 Å². The number of hydrogen-bond donors (Lipinski definition) is 2. The van der Waals surface area contributed by atoms with Crippen molar-refractivity contribution < 1.29 is 13.2 Å². The van der Waals surface area contributed by atoms with Gasteiger partial charge < -0.3 is 15.0 Å². The van der Waals surface area contributed by atoms with Crippen molar-refractivity contribution in [2.24, 2.45) is 5.41 Å². The van der Waals surface area contributed by atoms with E-state index >= 15 is 0 Å². The Morgan fingerprint density at radius 2 is 1.88 bits per heavy atom. The number of imidazole rings is 1. The van der Waals surface area contributed by atoms with Gasteiger partial charge in [0.05, 0.1) is 10.5 Å². The van der Waals surface area contributed by atoms with Crippen molar-refractivity contribution in [2.75, 3.05) is 26.2 Å². The predicted octanol–water partition coefficient (Wildman–Crippen LogP) is 2.42. The van der Waals surface area contributed by atoms with Gasteiger partial charge in [0.2, 0.25) is 10.0 Å². The van der Waals surface area contributed by atoms with Crippen LogP contribution in [0.3, 0.4) is 0 Å². The van der Waals surface area contributed by atoms with Gasteiger partial charge in [-0.2, -0.15) is 4.31 Å². The van der Waals surface area contributed by atoms with Crippen LogP contribution in [0, 0.1) is 5.41 Å². The molecule has 0 atom stereocenters. The van der Waals surface area contributed by atoms with Crippen LogP contribution in [0.15, 0.2) is 59.9 Å². The summed E-state index contributed by atoms with van der Waals surface area (Å²) in [4.78, 5) is 17.0. The highest BCUT2D eigenvalue weighted by atomic mass is 32.2. The molecule has 2 saturated heterocycles. The molecule has 3 aromatic rings. The third kappa shape index (κ3) is 4.53. The normalized spacial score (nSPS) is 19.0. The quantitative estimate of drug-likeness (QED) is 0.601. The van der Waals surface area contributed by atoms with Gasteiger partial charge in [-0.15, -0.1) is 0 Å². The van der Waals surface area contributed by atoms with E-state index in [4.69, 9.17) is 0 Å². The van der Waals surface area contributed by atoms with Crippen molar-refractivity contribution in [3.8, 4) is 0 Å². The van der Waals surface area contributed by atoms with E-state index in [1.165, 1.54) is 0 Å². The molecular weight excluding hydrogens is 438 g/mol. The Bertz CT molecular complexity index is 1240. The maximum atomic E-state index is 13.3. The molecule has 0 aliphatic carbocycles. The number of nitrogens with zero attached hydrogens (tertiary/aromatic N) is 3. The standard InChI is InChI=1S/C24H29N5O3S/c30-23(20-4-7-22-26-13-15-28(22)17-20)27-16-19-2-5-21(6-3-19)33(31,32)29-14-1-8-24(18-29)9-11-25-12-10-24/h2-7,13,15,17,25H,1,8-12,14,16,18H2,(H,27,30). The second kappa shape index (κ2) is 8.89. The first kappa shape index (κ1) is 22.1. The zero-order valence-electron chi connectivity index (χ0n) is 18.5. The predicted molar refractivity (Wildman–Crippen MR) is 125 cm³/mol. The van der Waals surface area contributed by atoms with Crippen molar-refractivity contribution in [1.82, 2.24) is 24.3 Å². The smallest absolute Gasteiger partial charge is 0.253 e. The number of sulfonamides is 1. The first-order valence-corrected chi connectivity index (χ1v) is 12.9. The van der Waals surface area contributed by atoms with Gasteiger partial charge in [0.1, 0.15) is 5.65 Å². The molecule has 2 aliphatic rings. The molecule has 0 unspecified atom stereocenters. The van der Waals surface area contributed by atoms with E-state index in [1.54, 1.807) is 63.7 Å². The minimum absolute atomic E-state index is 0.112. The third-order valence-electron chi connectivity index (χ3n) is 6.96. The lowest BCUT2D eigenvalue weighted by molar-refractivity contribution is 0.0950. The maximum Gasteiger partial charge on any atom is 0.253 e. The van der Waals surface area contributed by atoms with E-state index < -0.39 is 10.0 Å². The summed E-state index contributed by atoms with van der Waals surface area (Å²) in [6, 6.07) is 10.4. The number of fused-ring (bicyclic) bond motifs is 1. The Hall–Kier alpha value is -2.75. The Kier molecular flexibility index (Phi) is 5.94. The van der Waals surface area contributed by atoms with Crippen molar-refractivity contribution in [1.29, 1.82) is 0 Å². The van der Waals surface area contributed by atoms with E-state index in [0.717, 1.165) is 50.0 Å². The molecule has 174 valence electrons. The zero-order valence-corrected chi connectivity index (χ0v) is 19.4. The molecule has 1 aromatic carbocycles. The van der Waals surface area contributed by atoms with Gasteiger partial charge in [-0.05, 0) is 74.0 Å². The number of aromatic nitrogens is 2. The van der Waals surface area contributed by atoms with Gasteiger partial charge in [0.15, 0.2) is 0 Å². The van der Waals surface area contributed by atoms with Gasteiger partial charge in [0, 0.05) is 38.2 Å². The van der Waals surface area contributed by atoms with E-state index in [-0.39, 0.29) is 11.3 Å². The van der Waals surface area contributed by atoms with E-state index in [9.17, 15) is 13.2 Å². The molecule has 33 heavy (non-hydrogen) atoms. The molecule has 2 aromatic heterocycles. The Labute approximate surface area is 194 Å². The largest absolute Gasteiger partial charge is 0.348 e. The third-order valence-corrected chi connectivity index (χ3v) is 8.82. The van der Waals surface area contributed by atoms with Gasteiger partial charge in [-0.3, -0.25) is 4.79 Å². The van der Waals surface area contributed by atoms with Gasteiger partial charge >= 0.3 is 0 Å². The Morgan fingerprint density at radius 1 is 1.09 bits per heavy atom. The van der Waals surface area contributed by atoms with Gasteiger partial charge in [-0.1, -0.05) is 12.1 Å². The number of piperidine rings is 2. The maximum absolute atomic E-state index is 13.3. The van der Waals surface area contributed by atoms with Crippen LogP contribution in [0.1, 0.15) is 41.6 Å². The van der Waals surface area contributed by atoms with Crippen molar-refractivity contribution in [3.63, 3.8) is 0 Å². The molecule has 2 N–H and O–H groups in total. The highest BCUT2D eigenvalue weighted by Crippen LogP contribution is 2.39. The lowest BCUT2D eigenvalue weighted by Gasteiger charge is -2.44. The van der Waals surface area contributed by atoms with Crippen LogP contribution in [-0.2, 0) is 16.6 Å². The minimum atomic E-state index is -3.53. The summed E-state index contributed by atoms with van der Waals surface area (Å²) in [5, 5.41) is 6.28. The van der Waals surface area contributed by atoms with Crippen molar-refractivity contribution in [2.45, 2.75) is 37.1 Å². The average molecular weight is 468 g/mol. The molecular formula is C24H29N5O3S. The fourth-order valence-corrected chi connectivity index (χ4v) is 6.59. The summed E-state index contributed by atoms with van der Waals surface area (Å²) in [5.41, 5.74) is 2.28. The second-order valence-corrected chi connectivity index (χ2v) is 11.1. The SMILES string of the molecule is O=C(NCc1ccc(S(=O)(=O)N2CCCC3(CCNCC3)C2)cc1)c1ccc2nccn2c1. The summed E-state index contributed by atoms with van der Waals surface area (Å²) < 4.78 is 30.1.